The molecule has 124 valence electrons. The Morgan fingerprint density at radius 1 is 1.50 bits per heavy atom. The van der Waals surface area contributed by atoms with Gasteiger partial charge in [-0.25, -0.2) is 10.4 Å². The predicted octanol–water partition coefficient (Wildman–Crippen LogP) is 1.55. The van der Waals surface area contributed by atoms with E-state index >= 15 is 0 Å². The van der Waals surface area contributed by atoms with Gasteiger partial charge in [-0.3, -0.25) is 19.7 Å². The number of nitrogens with one attached hydrogen (secondary N) is 2. The van der Waals surface area contributed by atoms with Crippen LogP contribution < -0.4 is 11.0 Å². The number of nitrogens with zero attached hydrogens (tertiary/aromatic N) is 3. The van der Waals surface area contributed by atoms with Crippen LogP contribution in [0, 0.1) is 10.1 Å². The molecule has 0 saturated carbocycles. The third kappa shape index (κ3) is 4.74. The molecule has 1 aromatic heterocycles. The molecule has 10 heteroatoms. The third-order valence-corrected chi connectivity index (χ3v) is 3.45. The van der Waals surface area contributed by atoms with Crippen molar-refractivity contribution in [3.8, 4) is 0 Å². The van der Waals surface area contributed by atoms with Gasteiger partial charge in [0.15, 0.2) is 5.16 Å². The minimum Gasteiger partial charge on any atom is -0.301 e. The highest BCUT2D eigenvalue weighted by atomic mass is 32.2. The molecule has 0 aliphatic rings. The predicted molar refractivity (Wildman–Crippen MR) is 89.4 cm³/mol. The number of nitro groups is 1. The molecule has 0 fully saturated rings. The normalized spacial score (nSPS) is 10.7. The van der Waals surface area contributed by atoms with Crippen molar-refractivity contribution in [1.29, 1.82) is 0 Å². The maximum atomic E-state index is 12.0. The summed E-state index contributed by atoms with van der Waals surface area (Å²) in [5.41, 5.74) is 2.10. The Bertz CT molecular complexity index is 849. The fraction of sp³-hybridized carbons (Fsp3) is 0.143. The molecule has 0 aliphatic carbocycles. The summed E-state index contributed by atoms with van der Waals surface area (Å²) in [6.07, 6.45) is 1.26. The molecule has 2 aromatic rings. The SMILES string of the molecule is CCSc1nc(C(=O)N/N=C\c2cccc([N+](=O)[O-])c2)cc(=O)[nH]1. The third-order valence-electron chi connectivity index (χ3n) is 2.69. The van der Waals surface area contributed by atoms with Crippen LogP contribution in [-0.4, -0.2) is 32.8 Å². The highest BCUT2D eigenvalue weighted by Gasteiger charge is 2.09. The molecule has 0 spiro atoms. The fourth-order valence-electron chi connectivity index (χ4n) is 1.70. The minimum absolute atomic E-state index is 0.0640. The average molecular weight is 347 g/mol. The molecule has 0 radical (unpaired) electrons. The van der Waals surface area contributed by atoms with Gasteiger partial charge in [0, 0.05) is 23.8 Å². The van der Waals surface area contributed by atoms with Crippen molar-refractivity contribution in [3.05, 3.63) is 62.1 Å². The highest BCUT2D eigenvalue weighted by Crippen LogP contribution is 2.11. The van der Waals surface area contributed by atoms with Crippen LogP contribution in [0.4, 0.5) is 5.69 Å². The lowest BCUT2D eigenvalue weighted by Gasteiger charge is -2.01. The summed E-state index contributed by atoms with van der Waals surface area (Å²) in [5, 5.41) is 14.7. The van der Waals surface area contributed by atoms with Gasteiger partial charge in [-0.05, 0) is 5.75 Å². The van der Waals surface area contributed by atoms with Crippen molar-refractivity contribution in [1.82, 2.24) is 15.4 Å². The number of nitro benzene ring substituents is 1. The van der Waals surface area contributed by atoms with Crippen LogP contribution in [0.2, 0.25) is 0 Å². The first kappa shape index (κ1) is 17.3. The molecule has 0 unspecified atom stereocenters. The van der Waals surface area contributed by atoms with Crippen molar-refractivity contribution in [2.45, 2.75) is 12.1 Å². The van der Waals surface area contributed by atoms with Crippen molar-refractivity contribution in [3.63, 3.8) is 0 Å². The van der Waals surface area contributed by atoms with E-state index in [1.54, 1.807) is 6.07 Å². The van der Waals surface area contributed by atoms with E-state index in [4.69, 9.17) is 0 Å². The summed E-state index contributed by atoms with van der Waals surface area (Å²) in [7, 11) is 0. The van der Waals surface area contributed by atoms with Gasteiger partial charge in [-0.15, -0.1) is 0 Å². The Morgan fingerprint density at radius 2 is 2.29 bits per heavy atom. The maximum absolute atomic E-state index is 12.0. The van der Waals surface area contributed by atoms with Crippen LogP contribution in [0.5, 0.6) is 0 Å². The number of aromatic nitrogens is 2. The van der Waals surface area contributed by atoms with Crippen molar-refractivity contribution in [2.24, 2.45) is 5.10 Å². The summed E-state index contributed by atoms with van der Waals surface area (Å²) in [4.78, 5) is 40.2. The first-order chi connectivity index (χ1) is 11.5. The standard InChI is InChI=1S/C14H13N5O4S/c1-2-24-14-16-11(7-12(20)17-14)13(21)18-15-8-9-4-3-5-10(6-9)19(22)23/h3-8H,2H2,1H3,(H,18,21)(H,16,17,20)/b15-8-. The average Bonchev–Trinajstić information content (AvgIpc) is 2.54. The van der Waals surface area contributed by atoms with E-state index in [1.807, 2.05) is 6.92 Å². The number of rotatable bonds is 6. The lowest BCUT2D eigenvalue weighted by Crippen LogP contribution is -2.22. The van der Waals surface area contributed by atoms with Crippen molar-refractivity contribution < 1.29 is 9.72 Å². The van der Waals surface area contributed by atoms with Gasteiger partial charge in [-0.2, -0.15) is 5.10 Å². The quantitative estimate of drug-likeness (QED) is 0.268. The molecule has 24 heavy (non-hydrogen) atoms. The van der Waals surface area contributed by atoms with E-state index in [0.29, 0.717) is 16.5 Å². The van der Waals surface area contributed by atoms with Crippen LogP contribution in [0.25, 0.3) is 0 Å². The van der Waals surface area contributed by atoms with Crippen LogP contribution in [0.15, 0.2) is 45.4 Å². The maximum Gasteiger partial charge on any atom is 0.290 e. The molecule has 1 amide bonds. The number of H-pyrrole nitrogens is 1. The molecule has 0 bridgehead atoms. The number of amides is 1. The molecular formula is C14H13N5O4S. The summed E-state index contributed by atoms with van der Waals surface area (Å²) in [6, 6.07) is 6.84. The lowest BCUT2D eigenvalue weighted by molar-refractivity contribution is -0.384. The topological polar surface area (TPSA) is 130 Å². The number of carbonyl (C=O) groups excluding carboxylic acids is 1. The van der Waals surface area contributed by atoms with Gasteiger partial charge in [-0.1, -0.05) is 30.8 Å². The van der Waals surface area contributed by atoms with Gasteiger partial charge in [0.1, 0.15) is 5.69 Å². The van der Waals surface area contributed by atoms with Crippen LogP contribution in [-0.2, 0) is 0 Å². The van der Waals surface area contributed by atoms with E-state index in [-0.39, 0.29) is 11.4 Å². The number of aromatic amines is 1. The number of thioether (sulfide) groups is 1. The molecule has 1 aromatic carbocycles. The zero-order valence-electron chi connectivity index (χ0n) is 12.6. The second kappa shape index (κ2) is 8.02. The molecule has 9 nitrogen and oxygen atoms in total. The minimum atomic E-state index is -0.652. The Balaban J connectivity index is 2.09. The Labute approximate surface area is 140 Å². The molecule has 2 rings (SSSR count). The number of non-ortho nitro benzene ring substituents is 1. The molecule has 0 aliphatic heterocycles. The fourth-order valence-corrected chi connectivity index (χ4v) is 2.31. The summed E-state index contributed by atoms with van der Waals surface area (Å²) < 4.78 is 0. The number of carbonyl (C=O) groups is 1. The monoisotopic (exact) mass is 347 g/mol. The Kier molecular flexibility index (Phi) is 5.79. The van der Waals surface area contributed by atoms with E-state index in [1.165, 1.54) is 36.2 Å². The smallest absolute Gasteiger partial charge is 0.290 e. The molecule has 0 saturated heterocycles. The van der Waals surface area contributed by atoms with E-state index < -0.39 is 16.4 Å². The summed E-state index contributed by atoms with van der Waals surface area (Å²) >= 11 is 1.30. The lowest BCUT2D eigenvalue weighted by atomic mass is 10.2. The second-order valence-electron chi connectivity index (χ2n) is 4.42. The van der Waals surface area contributed by atoms with Crippen LogP contribution >= 0.6 is 11.8 Å². The van der Waals surface area contributed by atoms with Crippen LogP contribution in [0.3, 0.4) is 0 Å². The zero-order chi connectivity index (χ0) is 17.5. The Morgan fingerprint density at radius 3 is 3.00 bits per heavy atom. The van der Waals surface area contributed by atoms with Gasteiger partial charge in [0.05, 0.1) is 11.1 Å². The Hall–Kier alpha value is -3.01. The second-order valence-corrected chi connectivity index (χ2v) is 5.67. The number of hydrogen-bond acceptors (Lipinski definition) is 7. The number of hydrogen-bond donors (Lipinski definition) is 2. The molecule has 0 atom stereocenters. The van der Waals surface area contributed by atoms with E-state index in [9.17, 15) is 19.7 Å². The first-order valence-electron chi connectivity index (χ1n) is 6.81. The van der Waals surface area contributed by atoms with Gasteiger partial charge >= 0.3 is 0 Å². The van der Waals surface area contributed by atoms with Gasteiger partial charge < -0.3 is 4.98 Å². The molecule has 2 N–H and O–H groups in total. The van der Waals surface area contributed by atoms with Crippen LogP contribution in [0.1, 0.15) is 23.0 Å². The van der Waals surface area contributed by atoms with Crippen molar-refractivity contribution >= 4 is 29.6 Å². The number of benzene rings is 1. The van der Waals surface area contributed by atoms with E-state index in [0.717, 1.165) is 6.07 Å². The van der Waals surface area contributed by atoms with Gasteiger partial charge in [0.2, 0.25) is 0 Å². The highest BCUT2D eigenvalue weighted by molar-refractivity contribution is 7.99. The summed E-state index contributed by atoms with van der Waals surface area (Å²) in [6.45, 7) is 1.89. The number of hydrazone groups is 1. The van der Waals surface area contributed by atoms with Gasteiger partial charge in [0.25, 0.3) is 17.2 Å². The zero-order valence-corrected chi connectivity index (χ0v) is 13.4. The largest absolute Gasteiger partial charge is 0.301 e. The first-order valence-corrected chi connectivity index (χ1v) is 7.80. The van der Waals surface area contributed by atoms with Crippen molar-refractivity contribution in [2.75, 3.05) is 5.75 Å². The summed E-state index contributed by atoms with van der Waals surface area (Å²) in [5.74, 6) is 0.0413. The molecular weight excluding hydrogens is 334 g/mol. The molecule has 1 heterocycles. The van der Waals surface area contributed by atoms with E-state index in [2.05, 4.69) is 20.5 Å².